The molecule has 0 aliphatic heterocycles. The molecule has 0 saturated carbocycles. The molecule has 104 valence electrons. The molecule has 0 aliphatic rings. The lowest BCUT2D eigenvalue weighted by atomic mass is 10.1. The van der Waals surface area contributed by atoms with Crippen molar-refractivity contribution in [3.05, 3.63) is 35.9 Å². The van der Waals surface area contributed by atoms with Crippen LogP contribution >= 0.6 is 0 Å². The fraction of sp³-hybridized carbons (Fsp3) is 0.357. The fourth-order valence-corrected chi connectivity index (χ4v) is 1.75. The van der Waals surface area contributed by atoms with Crippen LogP contribution in [0.25, 0.3) is 0 Å². The summed E-state index contributed by atoms with van der Waals surface area (Å²) < 4.78 is 0. The van der Waals surface area contributed by atoms with Crippen LogP contribution in [0.5, 0.6) is 11.5 Å². The number of aliphatic hydroxyl groups is 1. The maximum Gasteiger partial charge on any atom is 0.250 e. The number of phenols is 2. The molecule has 0 spiro atoms. The molecule has 0 heterocycles. The summed E-state index contributed by atoms with van der Waals surface area (Å²) in [6.45, 7) is 7.27. The topological polar surface area (TPSA) is 81.0 Å². The number of rotatable bonds is 5. The van der Waals surface area contributed by atoms with E-state index in [0.29, 0.717) is 17.7 Å². The van der Waals surface area contributed by atoms with Crippen molar-refractivity contribution in [2.75, 3.05) is 6.54 Å². The van der Waals surface area contributed by atoms with Gasteiger partial charge in [-0.05, 0) is 31.5 Å². The lowest BCUT2D eigenvalue weighted by Crippen LogP contribution is -2.41. The van der Waals surface area contributed by atoms with Crippen molar-refractivity contribution in [1.29, 1.82) is 0 Å². The molecular weight excluding hydrogens is 246 g/mol. The molecule has 0 saturated heterocycles. The largest absolute Gasteiger partial charge is 0.504 e. The van der Waals surface area contributed by atoms with Crippen LogP contribution in [0.1, 0.15) is 19.4 Å². The summed E-state index contributed by atoms with van der Waals surface area (Å²) >= 11 is 0. The van der Waals surface area contributed by atoms with Gasteiger partial charge < -0.3 is 20.2 Å². The average molecular weight is 265 g/mol. The van der Waals surface area contributed by atoms with Gasteiger partial charge in [0.15, 0.2) is 11.5 Å². The zero-order valence-electron chi connectivity index (χ0n) is 11.1. The van der Waals surface area contributed by atoms with Gasteiger partial charge >= 0.3 is 0 Å². The SMILES string of the molecule is C=C(C)C(=O)N(CC)C(O)Cc1ccc(O)c(O)c1. The summed E-state index contributed by atoms with van der Waals surface area (Å²) in [5, 5.41) is 28.6. The van der Waals surface area contributed by atoms with E-state index in [9.17, 15) is 20.1 Å². The molecule has 0 aromatic heterocycles. The number of carbonyl (C=O) groups is 1. The molecule has 1 amide bonds. The summed E-state index contributed by atoms with van der Waals surface area (Å²) in [6.07, 6.45) is -0.834. The first kappa shape index (κ1) is 15.0. The minimum Gasteiger partial charge on any atom is -0.504 e. The molecule has 0 fully saturated rings. The van der Waals surface area contributed by atoms with Gasteiger partial charge in [-0.15, -0.1) is 0 Å². The quantitative estimate of drug-likeness (QED) is 0.427. The molecular formula is C14H19NO4. The number of amides is 1. The predicted octanol–water partition coefficient (Wildman–Crippen LogP) is 1.38. The van der Waals surface area contributed by atoms with Crippen molar-refractivity contribution in [3.8, 4) is 11.5 Å². The van der Waals surface area contributed by atoms with Crippen molar-refractivity contribution in [3.63, 3.8) is 0 Å². The smallest absolute Gasteiger partial charge is 0.250 e. The van der Waals surface area contributed by atoms with E-state index in [1.54, 1.807) is 19.9 Å². The molecule has 19 heavy (non-hydrogen) atoms. The summed E-state index contributed by atoms with van der Waals surface area (Å²) in [7, 11) is 0. The van der Waals surface area contributed by atoms with Gasteiger partial charge in [-0.3, -0.25) is 4.79 Å². The molecule has 1 atom stereocenters. The number of hydrogen-bond donors (Lipinski definition) is 3. The Morgan fingerprint density at radius 1 is 1.37 bits per heavy atom. The Bertz CT molecular complexity index is 484. The van der Waals surface area contributed by atoms with Crippen LogP contribution in [-0.4, -0.2) is 38.9 Å². The molecule has 5 heteroatoms. The number of aromatic hydroxyl groups is 2. The van der Waals surface area contributed by atoms with E-state index in [-0.39, 0.29) is 23.8 Å². The lowest BCUT2D eigenvalue weighted by molar-refractivity contribution is -0.136. The van der Waals surface area contributed by atoms with E-state index in [1.807, 2.05) is 0 Å². The summed E-state index contributed by atoms with van der Waals surface area (Å²) in [5.74, 6) is -0.777. The predicted molar refractivity (Wildman–Crippen MR) is 71.7 cm³/mol. The number of benzene rings is 1. The van der Waals surface area contributed by atoms with Crippen LogP contribution in [0.2, 0.25) is 0 Å². The minimum atomic E-state index is -1.00. The Balaban J connectivity index is 2.82. The number of carbonyl (C=O) groups excluding carboxylic acids is 1. The number of likely N-dealkylation sites (N-methyl/N-ethyl adjacent to an activating group) is 1. The second-order valence-electron chi connectivity index (χ2n) is 4.38. The highest BCUT2D eigenvalue weighted by molar-refractivity contribution is 5.92. The van der Waals surface area contributed by atoms with E-state index in [1.165, 1.54) is 17.0 Å². The Labute approximate surface area is 112 Å². The van der Waals surface area contributed by atoms with Crippen LogP contribution in [0.4, 0.5) is 0 Å². The maximum absolute atomic E-state index is 11.8. The highest BCUT2D eigenvalue weighted by Crippen LogP contribution is 2.25. The van der Waals surface area contributed by atoms with Crippen molar-refractivity contribution in [2.24, 2.45) is 0 Å². The van der Waals surface area contributed by atoms with Gasteiger partial charge in [0, 0.05) is 18.5 Å². The van der Waals surface area contributed by atoms with Gasteiger partial charge in [0.05, 0.1) is 0 Å². The fourth-order valence-electron chi connectivity index (χ4n) is 1.75. The first-order valence-electron chi connectivity index (χ1n) is 6.02. The van der Waals surface area contributed by atoms with Gasteiger partial charge in [-0.25, -0.2) is 0 Å². The monoisotopic (exact) mass is 265 g/mol. The van der Waals surface area contributed by atoms with Gasteiger partial charge in [0.1, 0.15) is 6.23 Å². The highest BCUT2D eigenvalue weighted by Gasteiger charge is 2.20. The Morgan fingerprint density at radius 2 is 2.00 bits per heavy atom. The van der Waals surface area contributed by atoms with Crippen molar-refractivity contribution >= 4 is 5.91 Å². The first-order valence-corrected chi connectivity index (χ1v) is 6.02. The van der Waals surface area contributed by atoms with E-state index in [0.717, 1.165) is 0 Å². The number of aliphatic hydroxyl groups excluding tert-OH is 1. The van der Waals surface area contributed by atoms with Crippen molar-refractivity contribution in [2.45, 2.75) is 26.5 Å². The normalized spacial score (nSPS) is 11.9. The van der Waals surface area contributed by atoms with Gasteiger partial charge in [0.2, 0.25) is 0 Å². The third kappa shape index (κ3) is 3.72. The van der Waals surface area contributed by atoms with Crippen molar-refractivity contribution < 1.29 is 20.1 Å². The first-order chi connectivity index (χ1) is 8.86. The van der Waals surface area contributed by atoms with Crippen LogP contribution in [0.15, 0.2) is 30.4 Å². The molecule has 0 bridgehead atoms. The summed E-state index contributed by atoms with van der Waals surface area (Å²) in [6, 6.07) is 4.28. The van der Waals surface area contributed by atoms with Gasteiger partial charge in [0.25, 0.3) is 5.91 Å². The maximum atomic E-state index is 11.8. The highest BCUT2D eigenvalue weighted by atomic mass is 16.3. The third-order valence-corrected chi connectivity index (χ3v) is 2.78. The zero-order valence-corrected chi connectivity index (χ0v) is 11.1. The summed E-state index contributed by atoms with van der Waals surface area (Å²) in [4.78, 5) is 13.1. The molecule has 5 nitrogen and oxygen atoms in total. The second-order valence-corrected chi connectivity index (χ2v) is 4.38. The van der Waals surface area contributed by atoms with Crippen LogP contribution < -0.4 is 0 Å². The number of hydrogen-bond acceptors (Lipinski definition) is 4. The van der Waals surface area contributed by atoms with Gasteiger partial charge in [-0.2, -0.15) is 0 Å². The van der Waals surface area contributed by atoms with Crippen LogP contribution in [0, 0.1) is 0 Å². The van der Waals surface area contributed by atoms with E-state index < -0.39 is 6.23 Å². The van der Waals surface area contributed by atoms with E-state index in [2.05, 4.69) is 6.58 Å². The second kappa shape index (κ2) is 6.24. The Kier molecular flexibility index (Phi) is 4.94. The molecule has 1 unspecified atom stereocenters. The van der Waals surface area contributed by atoms with Crippen LogP contribution in [-0.2, 0) is 11.2 Å². The van der Waals surface area contributed by atoms with Crippen LogP contribution in [0.3, 0.4) is 0 Å². The Hall–Kier alpha value is -2.01. The minimum absolute atomic E-state index is 0.167. The molecule has 1 rings (SSSR count). The summed E-state index contributed by atoms with van der Waals surface area (Å²) in [5.41, 5.74) is 0.977. The average Bonchev–Trinajstić information content (AvgIpc) is 2.34. The van der Waals surface area contributed by atoms with Gasteiger partial charge in [-0.1, -0.05) is 12.6 Å². The van der Waals surface area contributed by atoms with E-state index in [4.69, 9.17) is 0 Å². The molecule has 1 aromatic carbocycles. The molecule has 1 aromatic rings. The van der Waals surface area contributed by atoms with Crippen molar-refractivity contribution in [1.82, 2.24) is 4.90 Å². The third-order valence-electron chi connectivity index (χ3n) is 2.78. The van der Waals surface area contributed by atoms with E-state index >= 15 is 0 Å². The lowest BCUT2D eigenvalue weighted by Gasteiger charge is -2.27. The molecule has 3 N–H and O–H groups in total. The number of nitrogens with zero attached hydrogens (tertiary/aromatic N) is 1. The zero-order chi connectivity index (χ0) is 14.6. The molecule has 0 radical (unpaired) electrons. The molecule has 0 aliphatic carbocycles. The number of phenolic OH excluding ortho intramolecular Hbond substituents is 2. The standard InChI is InChI=1S/C14H19NO4/c1-4-15(14(19)9(2)3)13(18)8-10-5-6-11(16)12(17)7-10/h5-7,13,16-18H,2,4,8H2,1,3H3. The Morgan fingerprint density at radius 3 is 2.47 bits per heavy atom.